The Bertz CT molecular complexity index is 466. The molecule has 1 aliphatic rings. The van der Waals surface area contributed by atoms with Crippen LogP contribution in [0, 0.1) is 5.41 Å². The maximum Gasteiger partial charge on any atom is 0.0945 e. The molecule has 1 N–H and O–H groups in total. The van der Waals surface area contributed by atoms with E-state index in [1.165, 1.54) is 0 Å². The standard InChI is InChI=1S/C17H25ClO2S/c1-16(2)8-10-17(20-3,11-9-16)15(19)12-21-14-7-5-4-6-13(14)18/h4-7,15,19H,8-12H2,1-3H3. The molecule has 21 heavy (non-hydrogen) atoms. The van der Waals surface area contributed by atoms with Crippen molar-refractivity contribution in [3.63, 3.8) is 0 Å². The van der Waals surface area contributed by atoms with Crippen LogP contribution in [0.15, 0.2) is 29.2 Å². The van der Waals surface area contributed by atoms with Crippen LogP contribution in [0.4, 0.5) is 0 Å². The Kier molecular flexibility index (Phi) is 5.64. The van der Waals surface area contributed by atoms with Gasteiger partial charge in [-0.15, -0.1) is 11.8 Å². The molecule has 118 valence electrons. The molecule has 2 nitrogen and oxygen atoms in total. The van der Waals surface area contributed by atoms with Gasteiger partial charge in [0.2, 0.25) is 0 Å². The SMILES string of the molecule is COC1(C(O)CSc2ccccc2Cl)CCC(C)(C)CC1. The first-order valence-corrected chi connectivity index (χ1v) is 8.85. The zero-order valence-electron chi connectivity index (χ0n) is 13.1. The maximum atomic E-state index is 10.7. The van der Waals surface area contributed by atoms with E-state index in [-0.39, 0.29) is 0 Å². The van der Waals surface area contributed by atoms with Gasteiger partial charge in [-0.05, 0) is 43.2 Å². The van der Waals surface area contributed by atoms with Crippen LogP contribution < -0.4 is 0 Å². The lowest BCUT2D eigenvalue weighted by atomic mass is 9.69. The molecule has 1 aliphatic carbocycles. The average molecular weight is 329 g/mol. The van der Waals surface area contributed by atoms with Gasteiger partial charge < -0.3 is 9.84 Å². The highest BCUT2D eigenvalue weighted by Gasteiger charge is 2.43. The van der Waals surface area contributed by atoms with Crippen molar-refractivity contribution in [1.82, 2.24) is 0 Å². The largest absolute Gasteiger partial charge is 0.389 e. The van der Waals surface area contributed by atoms with Crippen LogP contribution in [0.5, 0.6) is 0 Å². The fraction of sp³-hybridized carbons (Fsp3) is 0.647. The minimum absolute atomic E-state index is 0.359. The molecule has 2 rings (SSSR count). The van der Waals surface area contributed by atoms with Gasteiger partial charge in [0.15, 0.2) is 0 Å². The molecule has 0 aliphatic heterocycles. The quantitative estimate of drug-likeness (QED) is 0.789. The van der Waals surface area contributed by atoms with Crippen LogP contribution >= 0.6 is 23.4 Å². The summed E-state index contributed by atoms with van der Waals surface area (Å²) in [6.45, 7) is 4.58. The third kappa shape index (κ3) is 4.16. The van der Waals surface area contributed by atoms with Gasteiger partial charge >= 0.3 is 0 Å². The molecule has 0 amide bonds. The molecule has 0 radical (unpaired) electrons. The predicted molar refractivity (Wildman–Crippen MR) is 90.2 cm³/mol. The Morgan fingerprint density at radius 2 is 1.86 bits per heavy atom. The Morgan fingerprint density at radius 3 is 2.43 bits per heavy atom. The topological polar surface area (TPSA) is 29.5 Å². The van der Waals surface area contributed by atoms with Crippen molar-refractivity contribution in [3.8, 4) is 0 Å². The van der Waals surface area contributed by atoms with Gasteiger partial charge in [0.1, 0.15) is 0 Å². The van der Waals surface area contributed by atoms with E-state index in [9.17, 15) is 5.11 Å². The molecular weight excluding hydrogens is 304 g/mol. The summed E-state index contributed by atoms with van der Waals surface area (Å²) in [4.78, 5) is 1.01. The number of aliphatic hydroxyl groups is 1. The molecular formula is C17H25ClO2S. The second-order valence-corrected chi connectivity index (χ2v) is 8.16. The summed E-state index contributed by atoms with van der Waals surface area (Å²) in [5, 5.41) is 11.4. The second-order valence-electron chi connectivity index (χ2n) is 6.69. The van der Waals surface area contributed by atoms with Crippen molar-refractivity contribution in [2.75, 3.05) is 12.9 Å². The molecule has 0 heterocycles. The van der Waals surface area contributed by atoms with E-state index >= 15 is 0 Å². The predicted octanol–water partition coefficient (Wildman–Crippen LogP) is 4.78. The van der Waals surface area contributed by atoms with E-state index in [1.54, 1.807) is 18.9 Å². The number of methoxy groups -OCH3 is 1. The van der Waals surface area contributed by atoms with E-state index in [0.29, 0.717) is 11.2 Å². The summed E-state index contributed by atoms with van der Waals surface area (Å²) in [6, 6.07) is 7.76. The zero-order valence-corrected chi connectivity index (χ0v) is 14.6. The van der Waals surface area contributed by atoms with Gasteiger partial charge in [0, 0.05) is 17.8 Å². The highest BCUT2D eigenvalue weighted by Crippen LogP contribution is 2.44. The number of benzene rings is 1. The fourth-order valence-electron chi connectivity index (χ4n) is 2.91. The monoisotopic (exact) mass is 328 g/mol. The summed E-state index contributed by atoms with van der Waals surface area (Å²) in [5.74, 6) is 0.609. The van der Waals surface area contributed by atoms with Crippen LogP contribution in [0.25, 0.3) is 0 Å². The number of aliphatic hydroxyl groups excluding tert-OH is 1. The highest BCUT2D eigenvalue weighted by molar-refractivity contribution is 7.99. The number of ether oxygens (including phenoxy) is 1. The van der Waals surface area contributed by atoms with E-state index in [4.69, 9.17) is 16.3 Å². The van der Waals surface area contributed by atoms with Crippen molar-refractivity contribution in [2.24, 2.45) is 5.41 Å². The van der Waals surface area contributed by atoms with Gasteiger partial charge in [-0.3, -0.25) is 0 Å². The van der Waals surface area contributed by atoms with Crippen molar-refractivity contribution in [1.29, 1.82) is 0 Å². The number of thioether (sulfide) groups is 1. The van der Waals surface area contributed by atoms with Crippen molar-refractivity contribution in [3.05, 3.63) is 29.3 Å². The van der Waals surface area contributed by atoms with Gasteiger partial charge in [-0.1, -0.05) is 37.6 Å². The van der Waals surface area contributed by atoms with E-state index in [0.717, 1.165) is 35.6 Å². The summed E-state index contributed by atoms with van der Waals surface area (Å²) < 4.78 is 5.76. The highest BCUT2D eigenvalue weighted by atomic mass is 35.5. The molecule has 0 aromatic heterocycles. The molecule has 0 bridgehead atoms. The minimum atomic E-state index is -0.472. The smallest absolute Gasteiger partial charge is 0.0945 e. The zero-order chi connectivity index (χ0) is 15.5. The van der Waals surface area contributed by atoms with Crippen molar-refractivity contribution in [2.45, 2.75) is 56.1 Å². The van der Waals surface area contributed by atoms with Gasteiger partial charge in [-0.25, -0.2) is 0 Å². The third-order valence-corrected chi connectivity index (χ3v) is 6.29. The number of hydrogen-bond donors (Lipinski definition) is 1. The minimum Gasteiger partial charge on any atom is -0.389 e. The molecule has 1 saturated carbocycles. The average Bonchev–Trinajstić information content (AvgIpc) is 2.47. The number of rotatable bonds is 5. The first-order chi connectivity index (χ1) is 9.88. The summed E-state index contributed by atoms with van der Waals surface area (Å²) >= 11 is 7.77. The summed E-state index contributed by atoms with van der Waals surface area (Å²) in [5.41, 5.74) is -0.0403. The lowest BCUT2D eigenvalue weighted by molar-refractivity contribution is -0.127. The normalized spacial score (nSPS) is 22.0. The fourth-order valence-corrected chi connectivity index (χ4v) is 4.23. The summed E-state index contributed by atoms with van der Waals surface area (Å²) in [7, 11) is 1.72. The van der Waals surface area contributed by atoms with E-state index in [1.807, 2.05) is 24.3 Å². The number of halogens is 1. The van der Waals surface area contributed by atoms with Gasteiger partial charge in [0.05, 0.1) is 16.7 Å². The molecule has 0 spiro atoms. The third-order valence-electron chi connectivity index (χ3n) is 4.70. The lowest BCUT2D eigenvalue weighted by Crippen LogP contribution is -2.49. The molecule has 4 heteroatoms. The molecule has 1 fully saturated rings. The van der Waals surface area contributed by atoms with Crippen molar-refractivity contribution >= 4 is 23.4 Å². The van der Waals surface area contributed by atoms with Crippen molar-refractivity contribution < 1.29 is 9.84 Å². The van der Waals surface area contributed by atoms with Crippen LogP contribution in [0.2, 0.25) is 5.02 Å². The van der Waals surface area contributed by atoms with Crippen LogP contribution in [0.1, 0.15) is 39.5 Å². The Morgan fingerprint density at radius 1 is 1.24 bits per heavy atom. The van der Waals surface area contributed by atoms with Gasteiger partial charge in [-0.2, -0.15) is 0 Å². The maximum absolute atomic E-state index is 10.7. The van der Waals surface area contributed by atoms with Crippen LogP contribution in [-0.2, 0) is 4.74 Å². The number of hydrogen-bond acceptors (Lipinski definition) is 3. The molecule has 1 unspecified atom stereocenters. The Hall–Kier alpha value is -0.220. The Labute approximate surface area is 137 Å². The van der Waals surface area contributed by atoms with Crippen LogP contribution in [0.3, 0.4) is 0 Å². The molecule has 0 saturated heterocycles. The lowest BCUT2D eigenvalue weighted by Gasteiger charge is -2.45. The Balaban J connectivity index is 1.98. The van der Waals surface area contributed by atoms with Gasteiger partial charge in [0.25, 0.3) is 0 Å². The van der Waals surface area contributed by atoms with E-state index < -0.39 is 11.7 Å². The molecule has 1 aromatic rings. The van der Waals surface area contributed by atoms with E-state index in [2.05, 4.69) is 13.8 Å². The first kappa shape index (κ1) is 17.1. The molecule has 1 aromatic carbocycles. The summed E-state index contributed by atoms with van der Waals surface area (Å²) in [6.07, 6.45) is 3.55. The molecule has 1 atom stereocenters. The first-order valence-electron chi connectivity index (χ1n) is 7.49. The second kappa shape index (κ2) is 6.91. The van der Waals surface area contributed by atoms with Crippen LogP contribution in [-0.4, -0.2) is 29.7 Å².